The van der Waals surface area contributed by atoms with E-state index in [1.54, 1.807) is 7.11 Å². The molecule has 5 rings (SSSR count). The van der Waals surface area contributed by atoms with Gasteiger partial charge in [-0.05, 0) is 61.5 Å². The molecule has 2 aliphatic heterocycles. The molecule has 1 N–H and O–H groups in total. The van der Waals surface area contributed by atoms with Crippen molar-refractivity contribution in [3.8, 4) is 5.75 Å². The van der Waals surface area contributed by atoms with Crippen molar-refractivity contribution in [3.05, 3.63) is 78.4 Å². The Kier molecular flexibility index (Phi) is 5.61. The highest BCUT2D eigenvalue weighted by Gasteiger charge is 2.42. The van der Waals surface area contributed by atoms with Crippen LogP contribution in [0.4, 0.5) is 5.69 Å². The van der Waals surface area contributed by atoms with Crippen LogP contribution in [0.25, 0.3) is 0 Å². The SMILES string of the molecule is COc1cccc(N2C(=S)N[C@@H](c3ccccn3)[C@@H]2c2cccn2C[C@@H]2CCCO2)c1. The molecule has 0 amide bonds. The van der Waals surface area contributed by atoms with Gasteiger partial charge in [-0.2, -0.15) is 0 Å². The number of anilines is 1. The van der Waals surface area contributed by atoms with Crippen LogP contribution in [0.3, 0.4) is 0 Å². The molecular weight excluding hydrogens is 408 g/mol. The summed E-state index contributed by atoms with van der Waals surface area (Å²) >= 11 is 5.83. The number of nitrogens with one attached hydrogen (secondary N) is 1. The molecule has 0 saturated carbocycles. The van der Waals surface area contributed by atoms with E-state index in [0.29, 0.717) is 5.11 Å². The molecule has 31 heavy (non-hydrogen) atoms. The van der Waals surface area contributed by atoms with Crippen LogP contribution in [0.2, 0.25) is 0 Å². The number of aromatic nitrogens is 2. The van der Waals surface area contributed by atoms with Crippen molar-refractivity contribution in [2.24, 2.45) is 0 Å². The lowest BCUT2D eigenvalue weighted by atomic mass is 10.0. The zero-order valence-corrected chi connectivity index (χ0v) is 18.3. The second-order valence-electron chi connectivity index (χ2n) is 7.92. The van der Waals surface area contributed by atoms with E-state index >= 15 is 0 Å². The van der Waals surface area contributed by atoms with Gasteiger partial charge in [0.25, 0.3) is 0 Å². The zero-order valence-electron chi connectivity index (χ0n) is 17.5. The number of rotatable bonds is 6. The Morgan fingerprint density at radius 1 is 1.19 bits per heavy atom. The lowest BCUT2D eigenvalue weighted by Gasteiger charge is -2.29. The number of pyridine rings is 1. The van der Waals surface area contributed by atoms with Crippen LogP contribution in [-0.2, 0) is 11.3 Å². The minimum atomic E-state index is -0.0713. The molecule has 160 valence electrons. The van der Waals surface area contributed by atoms with Gasteiger partial charge in [0.15, 0.2) is 5.11 Å². The van der Waals surface area contributed by atoms with Gasteiger partial charge in [0.05, 0.1) is 24.9 Å². The minimum absolute atomic E-state index is 0.0501. The first-order chi connectivity index (χ1) is 15.2. The summed E-state index contributed by atoms with van der Waals surface area (Å²) in [6.07, 6.45) is 6.45. The molecule has 4 heterocycles. The van der Waals surface area contributed by atoms with Gasteiger partial charge in [-0.25, -0.2) is 0 Å². The molecule has 3 atom stereocenters. The van der Waals surface area contributed by atoms with Gasteiger partial charge in [0, 0.05) is 43.0 Å². The highest BCUT2D eigenvalue weighted by Crippen LogP contribution is 2.42. The fourth-order valence-electron chi connectivity index (χ4n) is 4.56. The minimum Gasteiger partial charge on any atom is -0.497 e. The number of thiocarbonyl (C=S) groups is 1. The van der Waals surface area contributed by atoms with E-state index in [9.17, 15) is 0 Å². The summed E-state index contributed by atoms with van der Waals surface area (Å²) in [7, 11) is 1.68. The second kappa shape index (κ2) is 8.69. The van der Waals surface area contributed by atoms with Crippen LogP contribution in [-0.4, -0.2) is 34.5 Å². The Labute approximate surface area is 187 Å². The van der Waals surface area contributed by atoms with Crippen LogP contribution in [0.5, 0.6) is 5.75 Å². The molecule has 0 bridgehead atoms. The summed E-state index contributed by atoms with van der Waals surface area (Å²) in [5.41, 5.74) is 3.14. The number of benzene rings is 1. The number of nitrogens with zero attached hydrogens (tertiary/aromatic N) is 3. The van der Waals surface area contributed by atoms with E-state index in [4.69, 9.17) is 21.7 Å². The third-order valence-corrected chi connectivity index (χ3v) is 6.34. The van der Waals surface area contributed by atoms with Crippen LogP contribution >= 0.6 is 12.2 Å². The maximum atomic E-state index is 5.91. The summed E-state index contributed by atoms with van der Waals surface area (Å²) in [5.74, 6) is 0.801. The molecule has 0 spiro atoms. The van der Waals surface area contributed by atoms with E-state index in [0.717, 1.165) is 43.1 Å². The fourth-order valence-corrected chi connectivity index (χ4v) is 4.91. The molecule has 6 nitrogen and oxygen atoms in total. The highest BCUT2D eigenvalue weighted by atomic mass is 32.1. The van der Waals surface area contributed by atoms with Crippen molar-refractivity contribution in [3.63, 3.8) is 0 Å². The Hall–Kier alpha value is -2.90. The van der Waals surface area contributed by atoms with Crippen LogP contribution < -0.4 is 15.0 Å². The van der Waals surface area contributed by atoms with Crippen LogP contribution in [0.15, 0.2) is 67.0 Å². The van der Waals surface area contributed by atoms with Crippen LogP contribution in [0, 0.1) is 0 Å². The summed E-state index contributed by atoms with van der Waals surface area (Å²) in [5, 5.41) is 4.20. The fraction of sp³-hybridized carbons (Fsp3) is 0.333. The number of hydrogen-bond donors (Lipinski definition) is 1. The van der Waals surface area contributed by atoms with Gasteiger partial charge in [0.2, 0.25) is 0 Å². The molecule has 7 heteroatoms. The van der Waals surface area contributed by atoms with E-state index < -0.39 is 0 Å². The first-order valence-electron chi connectivity index (χ1n) is 10.7. The number of ether oxygens (including phenoxy) is 2. The topological polar surface area (TPSA) is 51.5 Å². The average Bonchev–Trinajstić information content (AvgIpc) is 3.55. The van der Waals surface area contributed by atoms with Gasteiger partial charge in [-0.15, -0.1) is 0 Å². The normalized spacial score (nSPS) is 23.2. The Morgan fingerprint density at radius 2 is 2.13 bits per heavy atom. The first kappa shape index (κ1) is 20.0. The third-order valence-electron chi connectivity index (χ3n) is 6.02. The molecule has 1 aromatic carbocycles. The van der Waals surface area contributed by atoms with Gasteiger partial charge < -0.3 is 24.3 Å². The quantitative estimate of drug-likeness (QED) is 0.586. The Balaban J connectivity index is 1.58. The smallest absolute Gasteiger partial charge is 0.174 e. The van der Waals surface area contributed by atoms with Crippen molar-refractivity contribution in [1.82, 2.24) is 14.9 Å². The molecule has 2 aliphatic rings. The molecule has 2 aromatic heterocycles. The maximum Gasteiger partial charge on any atom is 0.174 e. The summed E-state index contributed by atoms with van der Waals surface area (Å²) in [6.45, 7) is 1.69. The summed E-state index contributed by atoms with van der Waals surface area (Å²) in [6, 6.07) is 18.2. The van der Waals surface area contributed by atoms with Crippen LogP contribution in [0.1, 0.15) is 36.3 Å². The van der Waals surface area contributed by atoms with Gasteiger partial charge in [0.1, 0.15) is 11.8 Å². The van der Waals surface area contributed by atoms with E-state index in [2.05, 4.69) is 50.2 Å². The van der Waals surface area contributed by atoms with Gasteiger partial charge >= 0.3 is 0 Å². The van der Waals surface area contributed by atoms with E-state index in [1.165, 1.54) is 5.69 Å². The predicted octanol–water partition coefficient (Wildman–Crippen LogP) is 4.25. The average molecular weight is 435 g/mol. The monoisotopic (exact) mass is 434 g/mol. The first-order valence-corrected chi connectivity index (χ1v) is 11.1. The molecule has 0 radical (unpaired) electrons. The molecule has 0 aliphatic carbocycles. The van der Waals surface area contributed by atoms with Crippen molar-refractivity contribution in [1.29, 1.82) is 0 Å². The molecule has 3 aromatic rings. The highest BCUT2D eigenvalue weighted by molar-refractivity contribution is 7.80. The maximum absolute atomic E-state index is 5.91. The molecule has 2 saturated heterocycles. The molecule has 2 fully saturated rings. The standard InChI is InChI=1S/C24H26N4O2S/c1-29-18-8-4-7-17(15-18)28-23(22(26-24(28)31)20-10-2-3-12-25-20)21-11-5-13-27(21)16-19-9-6-14-30-19/h2-5,7-8,10-13,15,19,22-23H,6,9,14,16H2,1H3,(H,26,31)/t19-,22-,23-/m0/s1. The van der Waals surface area contributed by atoms with Gasteiger partial charge in [-0.3, -0.25) is 4.98 Å². The lowest BCUT2D eigenvalue weighted by Crippen LogP contribution is -2.31. The van der Waals surface area contributed by atoms with Crippen molar-refractivity contribution < 1.29 is 9.47 Å². The summed E-state index contributed by atoms with van der Waals surface area (Å²) < 4.78 is 13.7. The largest absolute Gasteiger partial charge is 0.497 e. The van der Waals surface area contributed by atoms with Gasteiger partial charge in [-0.1, -0.05) is 12.1 Å². The van der Waals surface area contributed by atoms with Crippen molar-refractivity contribution >= 4 is 23.0 Å². The molecular formula is C24H26N4O2S. The second-order valence-corrected chi connectivity index (χ2v) is 8.31. The Morgan fingerprint density at radius 3 is 2.90 bits per heavy atom. The van der Waals surface area contributed by atoms with Crippen molar-refractivity contribution in [2.45, 2.75) is 37.6 Å². The molecule has 0 unspecified atom stereocenters. The zero-order chi connectivity index (χ0) is 21.2. The Bertz CT molecular complexity index is 1050. The van der Waals surface area contributed by atoms with E-state index in [1.807, 2.05) is 36.5 Å². The number of hydrogen-bond acceptors (Lipinski definition) is 4. The van der Waals surface area contributed by atoms with E-state index in [-0.39, 0.29) is 18.2 Å². The summed E-state index contributed by atoms with van der Waals surface area (Å²) in [4.78, 5) is 6.82. The number of methoxy groups -OCH3 is 1. The predicted molar refractivity (Wildman–Crippen MR) is 124 cm³/mol. The lowest BCUT2D eigenvalue weighted by molar-refractivity contribution is 0.0961. The van der Waals surface area contributed by atoms with Crippen molar-refractivity contribution in [2.75, 3.05) is 18.6 Å². The third kappa shape index (κ3) is 3.91.